The molecule has 0 heterocycles. The van der Waals surface area contributed by atoms with Crippen molar-refractivity contribution < 1.29 is 58.6 Å². The maximum atomic E-state index is 0. The topological polar surface area (TPSA) is 0 Å². The third kappa shape index (κ3) is 8.82. The minimum Gasteiger partial charge on any atom is 0 e. The number of rotatable bonds is 0. The van der Waals surface area contributed by atoms with Crippen LogP contribution in [0, 0.1) is 0 Å². The van der Waals surface area contributed by atoms with E-state index in [1.54, 1.807) is 0 Å². The van der Waals surface area contributed by atoms with Gasteiger partial charge in [-0.15, -0.1) is 0 Å². The maximum Gasteiger partial charge on any atom is 0 e. The molecule has 0 unspecified atom stereocenters. The summed E-state index contributed by atoms with van der Waals surface area (Å²) >= 11 is 0. The molecule has 3 radical (unpaired) electrons. The van der Waals surface area contributed by atoms with E-state index in [4.69, 9.17) is 0 Å². The van der Waals surface area contributed by atoms with E-state index in [2.05, 4.69) is 0 Å². The molecule has 0 fully saturated rings. The van der Waals surface area contributed by atoms with Crippen molar-refractivity contribution in [2.24, 2.45) is 0 Å². The zero-order valence-electron chi connectivity index (χ0n) is 1.71. The van der Waals surface area contributed by atoms with E-state index in [1.807, 2.05) is 0 Å². The summed E-state index contributed by atoms with van der Waals surface area (Å²) in [5.74, 6) is 0. The van der Waals surface area contributed by atoms with Crippen LogP contribution >= 0.6 is 0 Å². The number of hydrogen-bond acceptors (Lipinski definition) is 0. The summed E-state index contributed by atoms with van der Waals surface area (Å²) in [6.07, 6.45) is 0. The zero-order valence-corrected chi connectivity index (χ0v) is 8.84. The molecule has 0 saturated carbocycles. The van der Waals surface area contributed by atoms with Crippen LogP contribution in [0.3, 0.4) is 0 Å². The van der Waals surface area contributed by atoms with Gasteiger partial charge < -0.3 is 0 Å². The molecule has 4 heavy (non-hydrogen) atoms. The Labute approximate surface area is 81.7 Å². The van der Waals surface area contributed by atoms with Gasteiger partial charge in [-0.1, -0.05) is 0 Å². The van der Waals surface area contributed by atoms with Crippen molar-refractivity contribution in [1.29, 1.82) is 0 Å². The Balaban J connectivity index is 0. The molecule has 0 atom stereocenters. The Kier molecular flexibility index (Phi) is 130. The van der Waals surface area contributed by atoms with Gasteiger partial charge in [-0.25, -0.2) is 0 Å². The first-order valence-corrected chi connectivity index (χ1v) is 0. The minimum atomic E-state index is 0. The van der Waals surface area contributed by atoms with E-state index in [-0.39, 0.29) is 83.0 Å². The van der Waals surface area contributed by atoms with E-state index in [0.717, 1.165) is 0 Å². The molecule has 0 rings (SSSR count). The second-order valence-electron chi connectivity index (χ2n) is 0. The molecular formula is CrRuSbTi. The van der Waals surface area contributed by atoms with Gasteiger partial charge in [0.15, 0.2) is 0 Å². The molecule has 0 aromatic carbocycles. The Morgan fingerprint density at radius 3 is 1.00 bits per heavy atom. The summed E-state index contributed by atoms with van der Waals surface area (Å²) in [4.78, 5) is 0. The molecule has 0 spiro atoms. The smallest absolute Gasteiger partial charge is 0 e. The molecule has 0 aliphatic heterocycles. The number of hydrogen-bond donors (Lipinski definition) is 0. The van der Waals surface area contributed by atoms with Crippen LogP contribution in [0.5, 0.6) is 0 Å². The average molecular weight is 323 g/mol. The van der Waals surface area contributed by atoms with Crippen LogP contribution in [0.15, 0.2) is 0 Å². The first-order chi connectivity index (χ1) is 0. The summed E-state index contributed by atoms with van der Waals surface area (Å²) in [5.41, 5.74) is 0. The molecule has 4 heteroatoms. The fraction of sp³-hybridized carbons (Fsp3) is 0. The van der Waals surface area contributed by atoms with Crippen molar-refractivity contribution in [1.82, 2.24) is 0 Å². The van der Waals surface area contributed by atoms with Crippen LogP contribution < -0.4 is 0 Å². The molecule has 0 bridgehead atoms. The summed E-state index contributed by atoms with van der Waals surface area (Å²) in [7, 11) is 0. The van der Waals surface area contributed by atoms with Crippen LogP contribution in [0.25, 0.3) is 0 Å². The van der Waals surface area contributed by atoms with Crippen molar-refractivity contribution in [3.8, 4) is 0 Å². The van der Waals surface area contributed by atoms with Crippen LogP contribution in [0.2, 0.25) is 0 Å². The standard InChI is InChI=1S/Cr.Ru.Sb.Ti. The van der Waals surface area contributed by atoms with E-state index in [0.29, 0.717) is 0 Å². The zero-order chi connectivity index (χ0) is 0. The van der Waals surface area contributed by atoms with Crippen molar-refractivity contribution in [3.63, 3.8) is 0 Å². The summed E-state index contributed by atoms with van der Waals surface area (Å²) in [6, 6.07) is 0. The van der Waals surface area contributed by atoms with Crippen molar-refractivity contribution in [3.05, 3.63) is 0 Å². The molecule has 0 aliphatic rings. The molecule has 0 aliphatic carbocycles. The summed E-state index contributed by atoms with van der Waals surface area (Å²) in [6.45, 7) is 0. The van der Waals surface area contributed by atoms with Gasteiger partial charge in [0.1, 0.15) is 0 Å². The third-order valence-corrected chi connectivity index (χ3v) is 0. The van der Waals surface area contributed by atoms with Crippen LogP contribution in [0.1, 0.15) is 0 Å². The Bertz CT molecular complexity index is 8.00. The second kappa shape index (κ2) is 17.3. The fourth-order valence-electron chi connectivity index (χ4n) is 0. The summed E-state index contributed by atoms with van der Waals surface area (Å²) in [5, 5.41) is 0. The molecular weight excluding hydrogens is 323 g/mol. The van der Waals surface area contributed by atoms with Gasteiger partial charge in [0.2, 0.25) is 0 Å². The summed E-state index contributed by atoms with van der Waals surface area (Å²) < 4.78 is 0. The Morgan fingerprint density at radius 1 is 1.00 bits per heavy atom. The Morgan fingerprint density at radius 2 is 1.00 bits per heavy atom. The minimum absolute atomic E-state index is 0. The molecule has 23 valence electrons. The molecule has 0 amide bonds. The molecule has 0 aromatic heterocycles. The van der Waals surface area contributed by atoms with Crippen LogP contribution in [0.4, 0.5) is 0 Å². The molecule has 0 aromatic rings. The van der Waals surface area contributed by atoms with Crippen molar-refractivity contribution in [2.75, 3.05) is 0 Å². The van der Waals surface area contributed by atoms with Gasteiger partial charge in [0, 0.05) is 83.0 Å². The van der Waals surface area contributed by atoms with E-state index in [1.165, 1.54) is 0 Å². The van der Waals surface area contributed by atoms with E-state index < -0.39 is 0 Å². The first-order valence-electron chi connectivity index (χ1n) is 0. The second-order valence-corrected chi connectivity index (χ2v) is 0. The van der Waals surface area contributed by atoms with Gasteiger partial charge in [-0.3, -0.25) is 0 Å². The molecule has 0 saturated heterocycles. The fourth-order valence-corrected chi connectivity index (χ4v) is 0. The van der Waals surface area contributed by atoms with Crippen molar-refractivity contribution in [2.45, 2.75) is 0 Å². The maximum absolute atomic E-state index is 0. The first kappa shape index (κ1) is 29.9. The molecule has 0 nitrogen and oxygen atoms in total. The normalized spacial score (nSPS) is 0. The monoisotopic (exact) mass is 323 g/mol. The van der Waals surface area contributed by atoms with E-state index >= 15 is 0 Å². The van der Waals surface area contributed by atoms with Gasteiger partial charge in [-0.05, 0) is 0 Å². The van der Waals surface area contributed by atoms with Gasteiger partial charge in [0.25, 0.3) is 0 Å². The van der Waals surface area contributed by atoms with Gasteiger partial charge in [-0.2, -0.15) is 0 Å². The average Bonchev–Trinajstić information content (AvgIpc) is 0. The predicted octanol–water partition coefficient (Wildman–Crippen LogP) is -0.388. The SMILES string of the molecule is [Cr].[Ru].[Sb].[Ti]. The van der Waals surface area contributed by atoms with E-state index in [9.17, 15) is 0 Å². The van der Waals surface area contributed by atoms with Gasteiger partial charge in [0.05, 0.1) is 0 Å². The third-order valence-electron chi connectivity index (χ3n) is 0. The van der Waals surface area contributed by atoms with Crippen LogP contribution in [-0.4, -0.2) is 24.4 Å². The Hall–Kier alpha value is 2.69. The van der Waals surface area contributed by atoms with Crippen LogP contribution in [-0.2, 0) is 58.6 Å². The van der Waals surface area contributed by atoms with Crippen molar-refractivity contribution >= 4 is 24.4 Å². The van der Waals surface area contributed by atoms with Gasteiger partial charge >= 0.3 is 0 Å². The quantitative estimate of drug-likeness (QED) is 0.533. The molecule has 0 N–H and O–H groups in total. The largest absolute Gasteiger partial charge is 0 e. The predicted molar refractivity (Wildman–Crippen MR) is 5.75 cm³/mol.